The zero-order valence-corrected chi connectivity index (χ0v) is 9.29. The lowest BCUT2D eigenvalue weighted by Gasteiger charge is -2.23. The van der Waals surface area contributed by atoms with Gasteiger partial charge < -0.3 is 13.3 Å². The van der Waals surface area contributed by atoms with Gasteiger partial charge in [-0.1, -0.05) is 13.3 Å². The number of hydrogen-bond acceptors (Lipinski definition) is 5. The fraction of sp³-hybridized carbons (Fsp3) is 1.00. The second-order valence-corrected chi connectivity index (χ2v) is 5.14. The van der Waals surface area contributed by atoms with E-state index in [9.17, 15) is 0 Å². The van der Waals surface area contributed by atoms with Gasteiger partial charge in [0.2, 0.25) is 0 Å². The molecule has 6 heteroatoms. The van der Waals surface area contributed by atoms with Crippen LogP contribution < -0.4 is 11.7 Å². The van der Waals surface area contributed by atoms with Crippen LogP contribution in [0.1, 0.15) is 13.3 Å². The second kappa shape index (κ2) is 9.11. The van der Waals surface area contributed by atoms with Gasteiger partial charge in [-0.05, 0) is 0 Å². The molecule has 0 aromatic rings. The first-order valence-electron chi connectivity index (χ1n) is 3.73. The predicted octanol–water partition coefficient (Wildman–Crippen LogP) is 0.0933. The van der Waals surface area contributed by atoms with Crippen LogP contribution in [-0.2, 0) is 13.3 Å². The Hall–Kier alpha value is 0.0169. The molecule has 0 radical (unpaired) electrons. The third-order valence-corrected chi connectivity index (χ3v) is 4.47. The molecule has 0 saturated heterocycles. The molecule has 0 heterocycles. The molecule has 0 aliphatic rings. The second-order valence-electron chi connectivity index (χ2n) is 2.05. The van der Waals surface area contributed by atoms with Gasteiger partial charge >= 0.3 is 8.80 Å². The van der Waals surface area contributed by atoms with Crippen molar-refractivity contribution in [3.63, 3.8) is 0 Å². The lowest BCUT2D eigenvalue weighted by Crippen LogP contribution is -2.42. The molecule has 12 heavy (non-hydrogen) atoms. The van der Waals surface area contributed by atoms with Gasteiger partial charge in [0.1, 0.15) is 0 Å². The van der Waals surface area contributed by atoms with Gasteiger partial charge in [-0.2, -0.15) is 0 Å². The number of nitrogens with two attached hydrogens (primary N) is 2. The molecule has 0 fully saturated rings. The Bertz CT molecular complexity index is 82.6. The number of hydrogen-bond donors (Lipinski definition) is 2. The maximum atomic E-state index is 5.17. The van der Waals surface area contributed by atoms with Crippen molar-refractivity contribution >= 4 is 8.80 Å². The summed E-state index contributed by atoms with van der Waals surface area (Å²) in [7, 11) is 2.68. The summed E-state index contributed by atoms with van der Waals surface area (Å²) in [6, 6.07) is 0.885. The number of rotatable bonds is 5. The van der Waals surface area contributed by atoms with Crippen molar-refractivity contribution in [3.05, 3.63) is 0 Å². The first-order chi connectivity index (χ1) is 5.74. The van der Waals surface area contributed by atoms with Crippen LogP contribution in [0.15, 0.2) is 0 Å². The molecular weight excluding hydrogens is 176 g/mol. The summed E-state index contributed by atoms with van der Waals surface area (Å²) in [5.74, 6) is 8.00. The smallest absolute Gasteiger partial charge is 0.377 e. The molecular formula is C6H20N2O3Si. The Kier molecular flexibility index (Phi) is 11.0. The van der Waals surface area contributed by atoms with Crippen molar-refractivity contribution in [3.8, 4) is 0 Å². The summed E-state index contributed by atoms with van der Waals surface area (Å²) in [6.45, 7) is 2.08. The highest BCUT2D eigenvalue weighted by Crippen LogP contribution is 2.13. The van der Waals surface area contributed by atoms with Crippen LogP contribution in [0.3, 0.4) is 0 Å². The highest BCUT2D eigenvalue weighted by molar-refractivity contribution is 6.60. The Morgan fingerprint density at radius 1 is 1.00 bits per heavy atom. The van der Waals surface area contributed by atoms with Crippen LogP contribution in [0.2, 0.25) is 6.04 Å². The lowest BCUT2D eigenvalue weighted by atomic mass is 10.6. The lowest BCUT2D eigenvalue weighted by molar-refractivity contribution is 0.123. The average Bonchev–Trinajstić information content (AvgIpc) is 2.18. The van der Waals surface area contributed by atoms with E-state index in [4.69, 9.17) is 13.3 Å². The van der Waals surface area contributed by atoms with Gasteiger partial charge in [-0.25, -0.2) is 0 Å². The summed E-state index contributed by atoms with van der Waals surface area (Å²) in [6.07, 6.45) is 1.03. The monoisotopic (exact) mass is 196 g/mol. The third kappa shape index (κ3) is 4.81. The molecule has 76 valence electrons. The Labute approximate surface area is 75.3 Å². The van der Waals surface area contributed by atoms with Crippen LogP contribution in [0.5, 0.6) is 0 Å². The van der Waals surface area contributed by atoms with Crippen molar-refractivity contribution in [1.29, 1.82) is 0 Å². The van der Waals surface area contributed by atoms with E-state index in [1.54, 1.807) is 21.3 Å². The standard InChI is InChI=1S/C6H16O3Si.H4N2/c1-5-6-10(7-2,8-3)9-4;1-2/h5-6H2,1-4H3;1-2H2. The molecule has 4 N–H and O–H groups in total. The van der Waals surface area contributed by atoms with Crippen molar-refractivity contribution in [1.82, 2.24) is 0 Å². The van der Waals surface area contributed by atoms with Crippen LogP contribution in [0, 0.1) is 0 Å². The summed E-state index contributed by atoms with van der Waals surface area (Å²) >= 11 is 0. The summed E-state index contributed by atoms with van der Waals surface area (Å²) in [5.41, 5.74) is 0. The Morgan fingerprint density at radius 3 is 1.42 bits per heavy atom. The van der Waals surface area contributed by atoms with E-state index >= 15 is 0 Å². The van der Waals surface area contributed by atoms with Crippen LogP contribution in [0.4, 0.5) is 0 Å². The van der Waals surface area contributed by atoms with Gasteiger partial charge in [0, 0.05) is 27.4 Å². The fourth-order valence-corrected chi connectivity index (χ4v) is 2.59. The molecule has 0 amide bonds. The summed E-state index contributed by atoms with van der Waals surface area (Å²) in [4.78, 5) is 0. The first-order valence-corrected chi connectivity index (χ1v) is 5.66. The van der Waals surface area contributed by atoms with Gasteiger partial charge in [-0.3, -0.25) is 11.7 Å². The van der Waals surface area contributed by atoms with Crippen LogP contribution >= 0.6 is 0 Å². The summed E-state index contributed by atoms with van der Waals surface area (Å²) in [5, 5.41) is 0. The van der Waals surface area contributed by atoms with Crippen LogP contribution in [-0.4, -0.2) is 30.1 Å². The SMILES string of the molecule is CCC[Si](OC)(OC)OC.NN. The van der Waals surface area contributed by atoms with Crippen molar-refractivity contribution in [2.75, 3.05) is 21.3 Å². The molecule has 0 saturated carbocycles. The van der Waals surface area contributed by atoms with E-state index < -0.39 is 8.80 Å². The minimum absolute atomic E-state index is 0.885. The van der Waals surface area contributed by atoms with Gasteiger partial charge in [0.05, 0.1) is 0 Å². The van der Waals surface area contributed by atoms with Crippen molar-refractivity contribution in [2.45, 2.75) is 19.4 Å². The van der Waals surface area contributed by atoms with E-state index in [-0.39, 0.29) is 0 Å². The average molecular weight is 196 g/mol. The first kappa shape index (κ1) is 14.5. The molecule has 0 aliphatic carbocycles. The van der Waals surface area contributed by atoms with E-state index in [2.05, 4.69) is 18.6 Å². The third-order valence-electron chi connectivity index (χ3n) is 1.49. The van der Waals surface area contributed by atoms with Gasteiger partial charge in [0.15, 0.2) is 0 Å². The van der Waals surface area contributed by atoms with E-state index in [0.717, 1.165) is 12.5 Å². The van der Waals surface area contributed by atoms with Crippen molar-refractivity contribution in [2.24, 2.45) is 11.7 Å². The summed E-state index contributed by atoms with van der Waals surface area (Å²) < 4.78 is 15.5. The molecule has 0 rings (SSSR count). The predicted molar refractivity (Wildman–Crippen MR) is 50.3 cm³/mol. The highest BCUT2D eigenvalue weighted by Gasteiger charge is 2.36. The van der Waals surface area contributed by atoms with E-state index in [1.807, 2.05) is 0 Å². The van der Waals surface area contributed by atoms with Gasteiger partial charge in [-0.15, -0.1) is 0 Å². The highest BCUT2D eigenvalue weighted by atomic mass is 28.4. The van der Waals surface area contributed by atoms with E-state index in [0.29, 0.717) is 0 Å². The molecule has 0 bridgehead atoms. The van der Waals surface area contributed by atoms with Crippen LogP contribution in [0.25, 0.3) is 0 Å². The van der Waals surface area contributed by atoms with Crippen molar-refractivity contribution < 1.29 is 13.3 Å². The number of hydrazine groups is 1. The molecule has 0 unspecified atom stereocenters. The molecule has 0 atom stereocenters. The Balaban J connectivity index is 0. The minimum Gasteiger partial charge on any atom is -0.377 e. The normalized spacial score (nSPS) is 10.5. The maximum absolute atomic E-state index is 5.17. The largest absolute Gasteiger partial charge is 0.500 e. The quantitative estimate of drug-likeness (QED) is 0.370. The van der Waals surface area contributed by atoms with Gasteiger partial charge in [0.25, 0.3) is 0 Å². The fourth-order valence-electron chi connectivity index (χ4n) is 0.862. The Morgan fingerprint density at radius 2 is 1.33 bits per heavy atom. The zero-order valence-electron chi connectivity index (χ0n) is 8.29. The molecule has 0 spiro atoms. The molecule has 5 nitrogen and oxygen atoms in total. The zero-order chi connectivity index (χ0) is 10.0. The topological polar surface area (TPSA) is 79.7 Å². The molecule has 0 aliphatic heterocycles. The van der Waals surface area contributed by atoms with E-state index in [1.165, 1.54) is 0 Å². The molecule has 0 aromatic heterocycles. The minimum atomic E-state index is -2.22. The maximum Gasteiger partial charge on any atom is 0.500 e. The molecule has 0 aromatic carbocycles.